The van der Waals surface area contributed by atoms with Crippen LogP contribution in [0.15, 0.2) is 41.6 Å². The van der Waals surface area contributed by atoms with E-state index in [4.69, 9.17) is 0 Å². The molecule has 0 radical (unpaired) electrons. The Labute approximate surface area is 97.7 Å². The highest BCUT2D eigenvalue weighted by Crippen LogP contribution is 2.10. The Morgan fingerprint density at radius 3 is 2.88 bits per heavy atom. The maximum absolute atomic E-state index is 12.9. The molecule has 0 aliphatic rings. The minimum absolute atomic E-state index is 0.0963. The van der Waals surface area contributed by atoms with Crippen molar-refractivity contribution in [2.24, 2.45) is 0 Å². The Bertz CT molecular complexity index is 596. The third-order valence-electron chi connectivity index (χ3n) is 2.13. The number of nitrogens with one attached hydrogen (secondary N) is 2. The molecular weight excluding hydrogens is 245 g/mol. The van der Waals surface area contributed by atoms with Gasteiger partial charge >= 0.3 is 0 Å². The third kappa shape index (κ3) is 2.89. The Kier molecular flexibility index (Phi) is 3.21. The molecule has 1 heterocycles. The van der Waals surface area contributed by atoms with Crippen molar-refractivity contribution in [1.82, 2.24) is 14.9 Å². The normalized spacial score (nSPS) is 11.6. The summed E-state index contributed by atoms with van der Waals surface area (Å²) in [5, 5.41) is 6.26. The van der Waals surface area contributed by atoms with Crippen molar-refractivity contribution in [2.75, 3.05) is 0 Å². The van der Waals surface area contributed by atoms with E-state index < -0.39 is 15.8 Å². The predicted octanol–water partition coefficient (Wildman–Crippen LogP) is 1.03. The molecule has 0 aliphatic heterocycles. The first kappa shape index (κ1) is 11.7. The van der Waals surface area contributed by atoms with E-state index in [9.17, 15) is 12.8 Å². The largest absolute Gasteiger partial charge is 0.285 e. The summed E-state index contributed by atoms with van der Waals surface area (Å²) in [7, 11) is -3.69. The van der Waals surface area contributed by atoms with Crippen LogP contribution in [0.4, 0.5) is 4.39 Å². The van der Waals surface area contributed by atoms with Crippen molar-refractivity contribution in [3.63, 3.8) is 0 Å². The van der Waals surface area contributed by atoms with Gasteiger partial charge in [0.05, 0.1) is 11.1 Å². The van der Waals surface area contributed by atoms with E-state index >= 15 is 0 Å². The molecule has 0 unspecified atom stereocenters. The van der Waals surface area contributed by atoms with Gasteiger partial charge in [0.2, 0.25) is 10.0 Å². The molecule has 90 valence electrons. The molecule has 0 amide bonds. The molecule has 2 aromatic rings. The van der Waals surface area contributed by atoms with Crippen LogP contribution in [0.2, 0.25) is 0 Å². The molecule has 0 spiro atoms. The van der Waals surface area contributed by atoms with Gasteiger partial charge in [-0.1, -0.05) is 6.07 Å². The molecule has 0 atom stereocenters. The number of nitrogens with zero attached hydrogens (tertiary/aromatic N) is 1. The molecule has 0 fully saturated rings. The SMILES string of the molecule is O=S(=O)(NCc1cn[nH]c1)c1cccc(F)c1. The molecule has 17 heavy (non-hydrogen) atoms. The zero-order chi connectivity index (χ0) is 12.3. The van der Waals surface area contributed by atoms with Gasteiger partial charge in [-0.15, -0.1) is 0 Å². The lowest BCUT2D eigenvalue weighted by molar-refractivity contribution is 0.577. The van der Waals surface area contributed by atoms with Crippen molar-refractivity contribution >= 4 is 10.0 Å². The zero-order valence-electron chi connectivity index (χ0n) is 8.72. The van der Waals surface area contributed by atoms with E-state index in [0.717, 1.165) is 6.07 Å². The number of aromatic amines is 1. The summed E-state index contributed by atoms with van der Waals surface area (Å²) in [6.45, 7) is 0.106. The van der Waals surface area contributed by atoms with Gasteiger partial charge in [0.25, 0.3) is 0 Å². The Balaban J connectivity index is 2.14. The summed E-state index contributed by atoms with van der Waals surface area (Å²) >= 11 is 0. The average Bonchev–Trinajstić information content (AvgIpc) is 2.79. The van der Waals surface area contributed by atoms with Gasteiger partial charge in [-0.25, -0.2) is 17.5 Å². The molecule has 7 heteroatoms. The van der Waals surface area contributed by atoms with E-state index in [1.165, 1.54) is 24.4 Å². The van der Waals surface area contributed by atoms with E-state index in [2.05, 4.69) is 14.9 Å². The minimum Gasteiger partial charge on any atom is -0.285 e. The molecule has 2 N–H and O–H groups in total. The smallest absolute Gasteiger partial charge is 0.240 e. The van der Waals surface area contributed by atoms with Gasteiger partial charge < -0.3 is 0 Å². The van der Waals surface area contributed by atoms with Gasteiger partial charge in [-0.3, -0.25) is 5.10 Å². The van der Waals surface area contributed by atoms with Gasteiger partial charge in [0.1, 0.15) is 5.82 Å². The summed E-state index contributed by atoms with van der Waals surface area (Å²) in [5.41, 5.74) is 0.699. The van der Waals surface area contributed by atoms with Crippen molar-refractivity contribution in [2.45, 2.75) is 11.4 Å². The van der Waals surface area contributed by atoms with E-state index in [1.807, 2.05) is 0 Å². The molecule has 0 aliphatic carbocycles. The summed E-state index contributed by atoms with van der Waals surface area (Å²) in [4.78, 5) is -0.0963. The van der Waals surface area contributed by atoms with Gasteiger partial charge in [0, 0.05) is 18.3 Å². The highest BCUT2D eigenvalue weighted by atomic mass is 32.2. The number of aromatic nitrogens is 2. The lowest BCUT2D eigenvalue weighted by Crippen LogP contribution is -2.23. The standard InChI is InChI=1S/C10H10FN3O2S/c11-9-2-1-3-10(4-9)17(15,16)14-7-8-5-12-13-6-8/h1-6,14H,7H2,(H,12,13). The predicted molar refractivity (Wildman–Crippen MR) is 59.0 cm³/mol. The monoisotopic (exact) mass is 255 g/mol. The first-order valence-corrected chi connectivity index (χ1v) is 6.29. The van der Waals surface area contributed by atoms with Gasteiger partial charge in [-0.05, 0) is 18.2 Å². The molecule has 5 nitrogen and oxygen atoms in total. The summed E-state index contributed by atoms with van der Waals surface area (Å²) in [5.74, 6) is -0.587. The molecule has 0 saturated heterocycles. The fourth-order valence-corrected chi connectivity index (χ4v) is 2.32. The number of sulfonamides is 1. The Morgan fingerprint density at radius 1 is 1.41 bits per heavy atom. The lowest BCUT2D eigenvalue weighted by atomic mass is 10.4. The number of rotatable bonds is 4. The highest BCUT2D eigenvalue weighted by Gasteiger charge is 2.14. The maximum Gasteiger partial charge on any atom is 0.240 e. The molecule has 0 bridgehead atoms. The average molecular weight is 255 g/mol. The summed E-state index contributed by atoms with van der Waals surface area (Å²) in [6.07, 6.45) is 3.09. The Morgan fingerprint density at radius 2 is 2.24 bits per heavy atom. The van der Waals surface area contributed by atoms with Crippen LogP contribution >= 0.6 is 0 Å². The second-order valence-corrected chi connectivity index (χ2v) is 5.16. The topological polar surface area (TPSA) is 74.8 Å². The fourth-order valence-electron chi connectivity index (χ4n) is 1.27. The molecule has 1 aromatic heterocycles. The highest BCUT2D eigenvalue weighted by molar-refractivity contribution is 7.89. The van der Waals surface area contributed by atoms with Gasteiger partial charge in [0.15, 0.2) is 0 Å². The van der Waals surface area contributed by atoms with E-state index in [1.54, 1.807) is 6.20 Å². The van der Waals surface area contributed by atoms with Crippen molar-refractivity contribution in [3.05, 3.63) is 48.0 Å². The Hall–Kier alpha value is -1.73. The number of halogens is 1. The molecule has 1 aromatic carbocycles. The van der Waals surface area contributed by atoms with Crippen LogP contribution in [0.5, 0.6) is 0 Å². The van der Waals surface area contributed by atoms with Crippen LogP contribution in [0, 0.1) is 5.82 Å². The fraction of sp³-hybridized carbons (Fsp3) is 0.100. The number of benzene rings is 1. The van der Waals surface area contributed by atoms with Crippen molar-refractivity contribution in [1.29, 1.82) is 0 Å². The first-order chi connectivity index (χ1) is 8.08. The second kappa shape index (κ2) is 4.64. The summed E-state index contributed by atoms with van der Waals surface area (Å²) < 4.78 is 38.8. The van der Waals surface area contributed by atoms with Crippen molar-refractivity contribution < 1.29 is 12.8 Å². The van der Waals surface area contributed by atoms with Crippen LogP contribution in [-0.4, -0.2) is 18.6 Å². The van der Waals surface area contributed by atoms with E-state index in [-0.39, 0.29) is 11.4 Å². The first-order valence-electron chi connectivity index (χ1n) is 4.81. The van der Waals surface area contributed by atoms with Gasteiger partial charge in [-0.2, -0.15) is 5.10 Å². The van der Waals surface area contributed by atoms with Crippen LogP contribution < -0.4 is 4.72 Å². The minimum atomic E-state index is -3.69. The molecule has 0 saturated carbocycles. The number of hydrogen-bond donors (Lipinski definition) is 2. The second-order valence-electron chi connectivity index (χ2n) is 3.39. The van der Waals surface area contributed by atoms with Crippen LogP contribution in [0.1, 0.15) is 5.56 Å². The lowest BCUT2D eigenvalue weighted by Gasteiger charge is -2.05. The maximum atomic E-state index is 12.9. The molecular formula is C10H10FN3O2S. The summed E-state index contributed by atoms with van der Waals surface area (Å²) in [6, 6.07) is 4.84. The van der Waals surface area contributed by atoms with Crippen LogP contribution in [-0.2, 0) is 16.6 Å². The van der Waals surface area contributed by atoms with Crippen molar-refractivity contribution in [3.8, 4) is 0 Å². The molecule has 2 rings (SSSR count). The van der Waals surface area contributed by atoms with Crippen LogP contribution in [0.25, 0.3) is 0 Å². The zero-order valence-corrected chi connectivity index (χ0v) is 9.54. The number of hydrogen-bond acceptors (Lipinski definition) is 3. The van der Waals surface area contributed by atoms with Crippen LogP contribution in [0.3, 0.4) is 0 Å². The third-order valence-corrected chi connectivity index (χ3v) is 3.53. The number of H-pyrrole nitrogens is 1. The van der Waals surface area contributed by atoms with E-state index in [0.29, 0.717) is 5.56 Å². The quantitative estimate of drug-likeness (QED) is 0.856.